The molecule has 0 aromatic heterocycles. The monoisotopic (exact) mass is 266 g/mol. The first-order valence-corrected chi connectivity index (χ1v) is 7.37. The molecule has 0 bridgehead atoms. The fourth-order valence-electron chi connectivity index (χ4n) is 2.14. The maximum Gasteiger partial charge on any atom is 0.336 e. The zero-order valence-electron chi connectivity index (χ0n) is 10.3. The predicted molar refractivity (Wildman–Crippen MR) is 72.8 cm³/mol. The smallest absolute Gasteiger partial charge is 0.336 e. The minimum Gasteiger partial charge on any atom is -0.479 e. The van der Waals surface area contributed by atoms with Gasteiger partial charge in [-0.2, -0.15) is 11.8 Å². The molecule has 1 fully saturated rings. The second-order valence-corrected chi connectivity index (χ2v) is 5.76. The summed E-state index contributed by atoms with van der Waals surface area (Å²) in [4.78, 5) is 11.5. The molecule has 1 saturated heterocycles. The highest BCUT2D eigenvalue weighted by molar-refractivity contribution is 7.99. The van der Waals surface area contributed by atoms with Crippen LogP contribution in [0.1, 0.15) is 24.8 Å². The molecule has 1 aromatic rings. The standard InChI is InChI=1S/C14H18O3S/c15-13(16)14(7-4-9-18-10-8-14)17-11-12-5-2-1-3-6-12/h1-3,5-6H,4,7-11H2,(H,15,16). The van der Waals surface area contributed by atoms with Crippen molar-refractivity contribution in [1.29, 1.82) is 0 Å². The van der Waals surface area contributed by atoms with Crippen molar-refractivity contribution in [2.45, 2.75) is 31.5 Å². The Hall–Kier alpha value is -1.00. The number of hydrogen-bond acceptors (Lipinski definition) is 3. The molecule has 0 amide bonds. The van der Waals surface area contributed by atoms with Gasteiger partial charge in [0.15, 0.2) is 5.60 Å². The van der Waals surface area contributed by atoms with Gasteiger partial charge in [0.1, 0.15) is 0 Å². The van der Waals surface area contributed by atoms with Crippen molar-refractivity contribution in [1.82, 2.24) is 0 Å². The quantitative estimate of drug-likeness (QED) is 0.910. The molecule has 0 aliphatic carbocycles. The molecule has 1 atom stereocenters. The van der Waals surface area contributed by atoms with Crippen LogP contribution in [-0.4, -0.2) is 28.2 Å². The fourth-order valence-corrected chi connectivity index (χ4v) is 3.17. The predicted octanol–water partition coefficient (Wildman–Crippen LogP) is 2.94. The highest BCUT2D eigenvalue weighted by Crippen LogP contribution is 2.30. The van der Waals surface area contributed by atoms with Crippen molar-refractivity contribution in [3.8, 4) is 0 Å². The van der Waals surface area contributed by atoms with Gasteiger partial charge in [-0.1, -0.05) is 30.3 Å². The second kappa shape index (κ2) is 6.25. The van der Waals surface area contributed by atoms with Gasteiger partial charge in [0.2, 0.25) is 0 Å². The number of carbonyl (C=O) groups is 1. The maximum absolute atomic E-state index is 11.5. The van der Waals surface area contributed by atoms with Gasteiger partial charge in [0, 0.05) is 0 Å². The number of aliphatic carboxylic acids is 1. The highest BCUT2D eigenvalue weighted by Gasteiger charge is 2.39. The molecular formula is C14H18O3S. The lowest BCUT2D eigenvalue weighted by Crippen LogP contribution is -2.41. The molecule has 1 aromatic carbocycles. The lowest BCUT2D eigenvalue weighted by atomic mass is 9.94. The largest absolute Gasteiger partial charge is 0.479 e. The lowest BCUT2D eigenvalue weighted by molar-refractivity contribution is -0.169. The molecule has 1 aliphatic heterocycles. The minimum atomic E-state index is -0.987. The highest BCUT2D eigenvalue weighted by atomic mass is 32.2. The fraction of sp³-hybridized carbons (Fsp3) is 0.500. The Morgan fingerprint density at radius 3 is 2.78 bits per heavy atom. The molecule has 18 heavy (non-hydrogen) atoms. The van der Waals surface area contributed by atoms with E-state index in [9.17, 15) is 9.90 Å². The molecule has 3 nitrogen and oxygen atoms in total. The number of hydrogen-bond donors (Lipinski definition) is 1. The Morgan fingerprint density at radius 1 is 1.28 bits per heavy atom. The number of rotatable bonds is 4. The van der Waals surface area contributed by atoms with Crippen LogP contribution in [0.25, 0.3) is 0 Å². The van der Waals surface area contributed by atoms with Crippen molar-refractivity contribution in [3.63, 3.8) is 0 Å². The summed E-state index contributed by atoms with van der Waals surface area (Å²) in [6, 6.07) is 9.74. The third kappa shape index (κ3) is 3.27. The molecule has 0 spiro atoms. The van der Waals surface area contributed by atoms with Crippen molar-refractivity contribution < 1.29 is 14.6 Å². The van der Waals surface area contributed by atoms with E-state index in [1.165, 1.54) is 0 Å². The molecule has 4 heteroatoms. The van der Waals surface area contributed by atoms with Crippen molar-refractivity contribution in [2.24, 2.45) is 0 Å². The summed E-state index contributed by atoms with van der Waals surface area (Å²) in [6.45, 7) is 0.373. The van der Waals surface area contributed by atoms with Gasteiger partial charge in [-0.25, -0.2) is 4.79 Å². The van der Waals surface area contributed by atoms with Gasteiger partial charge in [0.05, 0.1) is 6.61 Å². The average Bonchev–Trinajstić information content (AvgIpc) is 2.64. The van der Waals surface area contributed by atoms with Gasteiger partial charge in [0.25, 0.3) is 0 Å². The van der Waals surface area contributed by atoms with Crippen molar-refractivity contribution in [2.75, 3.05) is 11.5 Å². The van der Waals surface area contributed by atoms with Gasteiger partial charge in [-0.05, 0) is 36.3 Å². The Morgan fingerprint density at radius 2 is 2.06 bits per heavy atom. The molecule has 98 valence electrons. The van der Waals surface area contributed by atoms with Gasteiger partial charge >= 0.3 is 5.97 Å². The van der Waals surface area contributed by atoms with Crippen LogP contribution in [0.3, 0.4) is 0 Å². The second-order valence-electron chi connectivity index (χ2n) is 4.54. The first-order valence-electron chi connectivity index (χ1n) is 6.22. The third-order valence-corrected chi connectivity index (χ3v) is 4.34. The van der Waals surface area contributed by atoms with Crippen LogP contribution < -0.4 is 0 Å². The molecule has 2 rings (SSSR count). The van der Waals surface area contributed by atoms with Crippen LogP contribution in [-0.2, 0) is 16.1 Å². The van der Waals surface area contributed by atoms with Gasteiger partial charge < -0.3 is 9.84 Å². The lowest BCUT2D eigenvalue weighted by Gasteiger charge is -2.28. The van der Waals surface area contributed by atoms with E-state index in [2.05, 4.69) is 0 Å². The van der Waals surface area contributed by atoms with E-state index in [1.807, 2.05) is 42.1 Å². The van der Waals surface area contributed by atoms with E-state index in [1.54, 1.807) is 0 Å². The molecule has 0 radical (unpaired) electrons. The zero-order valence-corrected chi connectivity index (χ0v) is 11.1. The average molecular weight is 266 g/mol. The van der Waals surface area contributed by atoms with E-state index in [-0.39, 0.29) is 0 Å². The molecule has 1 unspecified atom stereocenters. The molecular weight excluding hydrogens is 248 g/mol. The summed E-state index contributed by atoms with van der Waals surface area (Å²) in [7, 11) is 0. The Bertz CT molecular complexity index is 383. The summed E-state index contributed by atoms with van der Waals surface area (Å²) >= 11 is 1.81. The number of carboxylic acids is 1. The van der Waals surface area contributed by atoms with Crippen LogP contribution in [0.5, 0.6) is 0 Å². The SMILES string of the molecule is O=C(O)C1(OCc2ccccc2)CCCSCC1. The van der Waals surface area contributed by atoms with Crippen LogP contribution in [0.15, 0.2) is 30.3 Å². The summed E-state index contributed by atoms with van der Waals surface area (Å²) in [6.07, 6.45) is 2.12. The third-order valence-electron chi connectivity index (χ3n) is 3.27. The van der Waals surface area contributed by atoms with E-state index in [4.69, 9.17) is 4.74 Å². The van der Waals surface area contributed by atoms with Crippen LogP contribution in [0.4, 0.5) is 0 Å². The van der Waals surface area contributed by atoms with Crippen molar-refractivity contribution >= 4 is 17.7 Å². The number of ether oxygens (including phenoxy) is 1. The van der Waals surface area contributed by atoms with E-state index < -0.39 is 11.6 Å². The molecule has 1 aliphatic rings. The first kappa shape index (κ1) is 13.4. The minimum absolute atomic E-state index is 0.373. The molecule has 1 heterocycles. The first-order chi connectivity index (χ1) is 8.73. The van der Waals surface area contributed by atoms with Crippen LogP contribution >= 0.6 is 11.8 Å². The van der Waals surface area contributed by atoms with E-state index in [0.29, 0.717) is 19.4 Å². The molecule has 1 N–H and O–H groups in total. The van der Waals surface area contributed by atoms with Gasteiger partial charge in [-0.3, -0.25) is 0 Å². The molecule has 0 saturated carbocycles. The maximum atomic E-state index is 11.5. The summed E-state index contributed by atoms with van der Waals surface area (Å²) in [5.41, 5.74) is 0.0364. The van der Waals surface area contributed by atoms with Crippen molar-refractivity contribution in [3.05, 3.63) is 35.9 Å². The Labute approximate surface area is 112 Å². The Balaban J connectivity index is 2.04. The number of carboxylic acid groups (broad SMARTS) is 1. The zero-order chi connectivity index (χ0) is 12.8. The summed E-state index contributed by atoms with van der Waals surface area (Å²) < 4.78 is 5.79. The summed E-state index contributed by atoms with van der Waals surface area (Å²) in [5.74, 6) is 1.08. The Kier molecular flexibility index (Phi) is 4.66. The van der Waals surface area contributed by atoms with E-state index in [0.717, 1.165) is 23.5 Å². The van der Waals surface area contributed by atoms with Crippen LogP contribution in [0, 0.1) is 0 Å². The van der Waals surface area contributed by atoms with Gasteiger partial charge in [-0.15, -0.1) is 0 Å². The summed E-state index contributed by atoms with van der Waals surface area (Å²) in [5, 5.41) is 9.46. The number of thioether (sulfide) groups is 1. The number of benzene rings is 1. The normalized spacial score (nSPS) is 24.4. The van der Waals surface area contributed by atoms with E-state index >= 15 is 0 Å². The topological polar surface area (TPSA) is 46.5 Å². The van der Waals surface area contributed by atoms with Crippen LogP contribution in [0.2, 0.25) is 0 Å².